The van der Waals surface area contributed by atoms with E-state index in [0.29, 0.717) is 5.92 Å². The van der Waals surface area contributed by atoms with Gasteiger partial charge in [0.05, 0.1) is 22.0 Å². The van der Waals surface area contributed by atoms with Gasteiger partial charge in [0.25, 0.3) is 0 Å². The van der Waals surface area contributed by atoms with Crippen LogP contribution in [-0.4, -0.2) is 52.1 Å². The summed E-state index contributed by atoms with van der Waals surface area (Å²) in [6, 6.07) is 0. The molecule has 1 aromatic rings. The molecule has 6 heteroatoms. The second kappa shape index (κ2) is 6.48. The van der Waals surface area contributed by atoms with Crippen LogP contribution in [0.15, 0.2) is 0 Å². The molecular formula is C16H26ClN3O2. The molecule has 124 valence electrons. The zero-order chi connectivity index (χ0) is 15.7. The quantitative estimate of drug-likeness (QED) is 0.894. The fourth-order valence-corrected chi connectivity index (χ4v) is 4.09. The summed E-state index contributed by atoms with van der Waals surface area (Å²) >= 11 is 6.26. The first-order chi connectivity index (χ1) is 10.5. The summed E-state index contributed by atoms with van der Waals surface area (Å²) in [5.74, 6) is 0.623. The molecule has 0 amide bonds. The van der Waals surface area contributed by atoms with Gasteiger partial charge in [-0.3, -0.25) is 10.00 Å². The highest BCUT2D eigenvalue weighted by molar-refractivity contribution is 6.31. The van der Waals surface area contributed by atoms with Crippen LogP contribution in [0.1, 0.15) is 37.6 Å². The third-order valence-corrected chi connectivity index (χ3v) is 5.96. The van der Waals surface area contributed by atoms with Gasteiger partial charge in [-0.2, -0.15) is 5.10 Å². The molecular weight excluding hydrogens is 302 g/mol. The van der Waals surface area contributed by atoms with Crippen molar-refractivity contribution in [2.75, 3.05) is 26.3 Å². The van der Waals surface area contributed by atoms with Gasteiger partial charge >= 0.3 is 0 Å². The highest BCUT2D eigenvalue weighted by Gasteiger charge is 2.45. The molecule has 0 aromatic carbocycles. The van der Waals surface area contributed by atoms with Crippen LogP contribution in [0.4, 0.5) is 0 Å². The summed E-state index contributed by atoms with van der Waals surface area (Å²) in [7, 11) is 0. The minimum atomic E-state index is -0.550. The highest BCUT2D eigenvalue weighted by Crippen LogP contribution is 2.39. The van der Waals surface area contributed by atoms with Gasteiger partial charge in [0.2, 0.25) is 0 Å². The molecule has 2 aliphatic rings. The summed E-state index contributed by atoms with van der Waals surface area (Å²) in [6.07, 6.45) is 2.77. The number of likely N-dealkylation sites (tertiary alicyclic amines) is 1. The average Bonchev–Trinajstić information content (AvgIpc) is 2.84. The maximum Gasteiger partial charge on any atom is 0.0951 e. The van der Waals surface area contributed by atoms with E-state index >= 15 is 0 Å². The maximum atomic E-state index is 11.2. The topological polar surface area (TPSA) is 61.4 Å². The van der Waals surface area contributed by atoms with E-state index in [4.69, 9.17) is 16.3 Å². The monoisotopic (exact) mass is 327 g/mol. The number of aliphatic hydroxyl groups is 1. The standard InChI is InChI=1S/C16H26ClN3O2/c1-11-9-20(10-14-15(17)12(2)18-19-14)6-5-16(11,21)13-3-7-22-8-4-13/h11,13,21H,3-10H2,1-2H3,(H,18,19)/t11-,16+/m1/s1. The molecule has 0 bridgehead atoms. The molecule has 0 aliphatic carbocycles. The lowest BCUT2D eigenvalue weighted by molar-refractivity contribution is -0.131. The van der Waals surface area contributed by atoms with Gasteiger partial charge in [-0.25, -0.2) is 0 Å². The smallest absolute Gasteiger partial charge is 0.0951 e. The molecule has 5 nitrogen and oxygen atoms in total. The minimum absolute atomic E-state index is 0.253. The first-order valence-electron chi connectivity index (χ1n) is 8.22. The number of aryl methyl sites for hydroxylation is 1. The number of nitrogens with zero attached hydrogens (tertiary/aromatic N) is 2. The number of aromatic amines is 1. The zero-order valence-corrected chi connectivity index (χ0v) is 14.2. The third-order valence-electron chi connectivity index (χ3n) is 5.46. The van der Waals surface area contributed by atoms with E-state index in [2.05, 4.69) is 22.0 Å². The number of ether oxygens (including phenoxy) is 1. The molecule has 2 aliphatic heterocycles. The van der Waals surface area contributed by atoms with Crippen LogP contribution in [0.25, 0.3) is 0 Å². The van der Waals surface area contributed by atoms with Crippen LogP contribution in [0.2, 0.25) is 5.02 Å². The Balaban J connectivity index is 1.63. The summed E-state index contributed by atoms with van der Waals surface area (Å²) < 4.78 is 5.44. The highest BCUT2D eigenvalue weighted by atomic mass is 35.5. The van der Waals surface area contributed by atoms with Crippen molar-refractivity contribution in [1.29, 1.82) is 0 Å². The Morgan fingerprint density at radius 3 is 2.77 bits per heavy atom. The van der Waals surface area contributed by atoms with Crippen LogP contribution in [0.3, 0.4) is 0 Å². The number of hydrogen-bond acceptors (Lipinski definition) is 4. The summed E-state index contributed by atoms with van der Waals surface area (Å²) in [4.78, 5) is 2.35. The number of halogens is 1. The van der Waals surface area contributed by atoms with Crippen LogP contribution in [0.5, 0.6) is 0 Å². The molecule has 0 spiro atoms. The zero-order valence-electron chi connectivity index (χ0n) is 13.4. The summed E-state index contributed by atoms with van der Waals surface area (Å²) in [6.45, 7) is 8.19. The van der Waals surface area contributed by atoms with Crippen molar-refractivity contribution in [2.24, 2.45) is 11.8 Å². The second-order valence-electron chi connectivity index (χ2n) is 6.87. The number of piperidine rings is 1. The van der Waals surface area contributed by atoms with Crippen molar-refractivity contribution < 1.29 is 9.84 Å². The van der Waals surface area contributed by atoms with Gasteiger partial charge in [-0.15, -0.1) is 0 Å². The van der Waals surface area contributed by atoms with Gasteiger partial charge in [-0.1, -0.05) is 18.5 Å². The van der Waals surface area contributed by atoms with Crippen LogP contribution in [0, 0.1) is 18.8 Å². The number of H-pyrrole nitrogens is 1. The molecule has 0 saturated carbocycles. The predicted octanol–water partition coefficient (Wildman–Crippen LogP) is 2.37. The fourth-order valence-electron chi connectivity index (χ4n) is 3.95. The van der Waals surface area contributed by atoms with Crippen molar-refractivity contribution >= 4 is 11.6 Å². The molecule has 3 rings (SSSR count). The number of rotatable bonds is 3. The molecule has 1 aromatic heterocycles. The van der Waals surface area contributed by atoms with Crippen molar-refractivity contribution in [3.63, 3.8) is 0 Å². The van der Waals surface area contributed by atoms with E-state index in [1.807, 2.05) is 6.92 Å². The van der Waals surface area contributed by atoms with Gasteiger partial charge in [-0.05, 0) is 38.0 Å². The van der Waals surface area contributed by atoms with Crippen LogP contribution in [-0.2, 0) is 11.3 Å². The van der Waals surface area contributed by atoms with Crippen LogP contribution < -0.4 is 0 Å². The van der Waals surface area contributed by atoms with Crippen molar-refractivity contribution in [3.8, 4) is 0 Å². The number of aromatic nitrogens is 2. The van der Waals surface area contributed by atoms with Gasteiger partial charge < -0.3 is 9.84 Å². The van der Waals surface area contributed by atoms with E-state index in [1.54, 1.807) is 0 Å². The van der Waals surface area contributed by atoms with E-state index in [1.165, 1.54) is 0 Å². The second-order valence-corrected chi connectivity index (χ2v) is 7.25. The van der Waals surface area contributed by atoms with E-state index in [-0.39, 0.29) is 5.92 Å². The Hall–Kier alpha value is -0.620. The molecule has 2 atom stereocenters. The van der Waals surface area contributed by atoms with Crippen molar-refractivity contribution in [2.45, 2.75) is 45.3 Å². The summed E-state index contributed by atoms with van der Waals surface area (Å²) in [5.41, 5.74) is 1.27. The van der Waals surface area contributed by atoms with E-state index < -0.39 is 5.60 Å². The first kappa shape index (κ1) is 16.2. The summed E-state index contributed by atoms with van der Waals surface area (Å²) in [5, 5.41) is 19.1. The SMILES string of the molecule is Cc1[nH]nc(CN2CC[C@@](O)(C3CCOCC3)[C@H](C)C2)c1Cl. The van der Waals surface area contributed by atoms with Gasteiger partial charge in [0.15, 0.2) is 0 Å². The Kier molecular flexibility index (Phi) is 4.78. The first-order valence-corrected chi connectivity index (χ1v) is 8.60. The minimum Gasteiger partial charge on any atom is -0.389 e. The Labute approximate surface area is 137 Å². The molecule has 2 fully saturated rings. The lowest BCUT2D eigenvalue weighted by Gasteiger charge is -2.48. The lowest BCUT2D eigenvalue weighted by Crippen LogP contribution is -2.55. The molecule has 22 heavy (non-hydrogen) atoms. The normalized spacial score (nSPS) is 31.5. The number of hydrogen-bond donors (Lipinski definition) is 2. The maximum absolute atomic E-state index is 11.2. The van der Waals surface area contributed by atoms with Crippen molar-refractivity contribution in [1.82, 2.24) is 15.1 Å². The molecule has 0 radical (unpaired) electrons. The van der Waals surface area contributed by atoms with Crippen LogP contribution >= 0.6 is 11.6 Å². The lowest BCUT2D eigenvalue weighted by atomic mass is 9.70. The Morgan fingerprint density at radius 2 is 2.18 bits per heavy atom. The third kappa shape index (κ3) is 3.04. The van der Waals surface area contributed by atoms with Crippen molar-refractivity contribution in [3.05, 3.63) is 16.4 Å². The molecule has 0 unspecified atom stereocenters. The van der Waals surface area contributed by atoms with E-state index in [0.717, 1.165) is 68.5 Å². The number of nitrogens with one attached hydrogen (secondary N) is 1. The largest absolute Gasteiger partial charge is 0.389 e. The fraction of sp³-hybridized carbons (Fsp3) is 0.812. The van der Waals surface area contributed by atoms with Gasteiger partial charge in [0.1, 0.15) is 0 Å². The van der Waals surface area contributed by atoms with Gasteiger partial charge in [0, 0.05) is 32.8 Å². The predicted molar refractivity (Wildman–Crippen MR) is 85.9 cm³/mol. The van der Waals surface area contributed by atoms with E-state index in [9.17, 15) is 5.11 Å². The Bertz CT molecular complexity index is 515. The Morgan fingerprint density at radius 1 is 1.45 bits per heavy atom. The average molecular weight is 328 g/mol. The molecule has 2 saturated heterocycles. The molecule has 2 N–H and O–H groups in total. The molecule has 3 heterocycles.